The second-order valence-electron chi connectivity index (χ2n) is 4.20. The summed E-state index contributed by atoms with van der Waals surface area (Å²) in [5.74, 6) is 1.55. The van der Waals surface area contributed by atoms with E-state index in [1.54, 1.807) is 18.7 Å². The topological polar surface area (TPSA) is 75.6 Å². The molecule has 2 N–H and O–H groups in total. The molecule has 0 spiro atoms. The van der Waals surface area contributed by atoms with Crippen LogP contribution >= 0.6 is 11.8 Å². The van der Waals surface area contributed by atoms with Gasteiger partial charge < -0.3 is 5.73 Å². The van der Waals surface area contributed by atoms with Gasteiger partial charge in [-0.15, -0.1) is 11.8 Å². The first kappa shape index (κ1) is 13.4. The number of benzene rings is 1. The number of nitrogens with two attached hydrogens (primary N) is 1. The number of anilines is 1. The van der Waals surface area contributed by atoms with Crippen LogP contribution in [-0.4, -0.2) is 9.97 Å². The number of aryl methyl sites for hydroxylation is 2. The molecule has 1 aromatic heterocycles. The molecule has 2 aromatic rings. The van der Waals surface area contributed by atoms with Crippen molar-refractivity contribution >= 4 is 17.6 Å². The Kier molecular flexibility index (Phi) is 4.03. The van der Waals surface area contributed by atoms with Crippen molar-refractivity contribution in [3.05, 3.63) is 46.9 Å². The molecule has 19 heavy (non-hydrogen) atoms. The highest BCUT2D eigenvalue weighted by molar-refractivity contribution is 7.98. The number of rotatable bonds is 3. The van der Waals surface area contributed by atoms with E-state index in [1.165, 1.54) is 5.56 Å². The molecule has 0 saturated heterocycles. The van der Waals surface area contributed by atoms with Crippen LogP contribution < -0.4 is 5.73 Å². The van der Waals surface area contributed by atoms with Crippen LogP contribution in [0.1, 0.15) is 22.6 Å². The zero-order valence-electron chi connectivity index (χ0n) is 10.8. The van der Waals surface area contributed by atoms with Crippen molar-refractivity contribution < 1.29 is 0 Å². The van der Waals surface area contributed by atoms with Gasteiger partial charge in [0.2, 0.25) is 0 Å². The molecule has 1 aromatic carbocycles. The zero-order chi connectivity index (χ0) is 13.8. The first-order valence-electron chi connectivity index (χ1n) is 5.82. The normalized spacial score (nSPS) is 10.2. The maximum absolute atomic E-state index is 8.91. The van der Waals surface area contributed by atoms with E-state index in [0.29, 0.717) is 22.8 Å². The van der Waals surface area contributed by atoms with Crippen molar-refractivity contribution in [2.45, 2.75) is 24.5 Å². The van der Waals surface area contributed by atoms with Gasteiger partial charge in [-0.25, -0.2) is 9.97 Å². The highest BCUT2D eigenvalue weighted by Gasteiger charge is 2.08. The van der Waals surface area contributed by atoms with E-state index >= 15 is 0 Å². The summed E-state index contributed by atoms with van der Waals surface area (Å²) in [6.45, 7) is 3.83. The lowest BCUT2D eigenvalue weighted by Crippen LogP contribution is -2.04. The lowest BCUT2D eigenvalue weighted by Gasteiger charge is -2.05. The second-order valence-corrected chi connectivity index (χ2v) is 5.25. The van der Waals surface area contributed by atoms with Crippen molar-refractivity contribution in [1.82, 2.24) is 9.97 Å². The third-order valence-electron chi connectivity index (χ3n) is 2.66. The van der Waals surface area contributed by atoms with Crippen LogP contribution in [0.25, 0.3) is 0 Å². The van der Waals surface area contributed by atoms with E-state index in [1.807, 2.05) is 6.07 Å². The standard InChI is InChI=1S/C14H14N4S/c1-9-3-5-11(6-4-9)19-8-13-17-10(2)12(7-15)14(16)18-13/h3-6H,8H2,1-2H3,(H2,16,17,18). The van der Waals surface area contributed by atoms with Crippen LogP contribution in [0.15, 0.2) is 29.2 Å². The van der Waals surface area contributed by atoms with Gasteiger partial charge in [0.25, 0.3) is 0 Å². The predicted molar refractivity (Wildman–Crippen MR) is 76.6 cm³/mol. The summed E-state index contributed by atoms with van der Waals surface area (Å²) in [5, 5.41) is 8.91. The molecule has 0 unspecified atom stereocenters. The third-order valence-corrected chi connectivity index (χ3v) is 3.67. The fraction of sp³-hybridized carbons (Fsp3) is 0.214. The fourth-order valence-corrected chi connectivity index (χ4v) is 2.39. The number of hydrogen-bond donors (Lipinski definition) is 1. The first-order chi connectivity index (χ1) is 9.10. The summed E-state index contributed by atoms with van der Waals surface area (Å²) in [7, 11) is 0. The quantitative estimate of drug-likeness (QED) is 0.868. The molecule has 0 bridgehead atoms. The van der Waals surface area contributed by atoms with E-state index in [2.05, 4.69) is 41.2 Å². The van der Waals surface area contributed by atoms with E-state index in [0.717, 1.165) is 4.90 Å². The van der Waals surface area contributed by atoms with Gasteiger partial charge in [-0.1, -0.05) is 17.7 Å². The molecule has 5 heteroatoms. The van der Waals surface area contributed by atoms with E-state index in [-0.39, 0.29) is 5.82 Å². The Hall–Kier alpha value is -2.06. The Morgan fingerprint density at radius 2 is 1.89 bits per heavy atom. The van der Waals surface area contributed by atoms with Gasteiger partial charge in [-0.05, 0) is 26.0 Å². The lowest BCUT2D eigenvalue weighted by molar-refractivity contribution is 0.994. The molecular weight excluding hydrogens is 256 g/mol. The molecule has 4 nitrogen and oxygen atoms in total. The number of aromatic nitrogens is 2. The summed E-state index contributed by atoms with van der Waals surface area (Å²) in [4.78, 5) is 9.63. The van der Waals surface area contributed by atoms with Gasteiger partial charge >= 0.3 is 0 Å². The second kappa shape index (κ2) is 5.72. The number of nitriles is 1. The average Bonchev–Trinajstić information content (AvgIpc) is 2.38. The van der Waals surface area contributed by atoms with E-state index < -0.39 is 0 Å². The minimum Gasteiger partial charge on any atom is -0.382 e. The third kappa shape index (κ3) is 3.24. The molecule has 1 heterocycles. The monoisotopic (exact) mass is 270 g/mol. The fourth-order valence-electron chi connectivity index (χ4n) is 1.64. The molecule has 2 rings (SSSR count). The van der Waals surface area contributed by atoms with Gasteiger partial charge in [-0.2, -0.15) is 5.26 Å². The maximum Gasteiger partial charge on any atom is 0.145 e. The Morgan fingerprint density at radius 3 is 2.47 bits per heavy atom. The van der Waals surface area contributed by atoms with Gasteiger partial charge in [0, 0.05) is 4.90 Å². The van der Waals surface area contributed by atoms with E-state index in [4.69, 9.17) is 11.0 Å². The molecule has 0 atom stereocenters. The summed E-state index contributed by atoms with van der Waals surface area (Å²) in [5.41, 5.74) is 7.97. The Labute approximate surface area is 116 Å². The van der Waals surface area contributed by atoms with Gasteiger partial charge in [0.15, 0.2) is 0 Å². The summed E-state index contributed by atoms with van der Waals surface area (Å²) in [6, 6.07) is 10.3. The highest BCUT2D eigenvalue weighted by atomic mass is 32.2. The SMILES string of the molecule is Cc1ccc(SCc2nc(C)c(C#N)c(N)n2)cc1. The largest absolute Gasteiger partial charge is 0.382 e. The van der Waals surface area contributed by atoms with Gasteiger partial charge in [0.1, 0.15) is 23.3 Å². The Bertz CT molecular complexity index is 606. The van der Waals surface area contributed by atoms with Crippen LogP contribution in [-0.2, 0) is 5.75 Å². The molecule has 0 radical (unpaired) electrons. The molecule has 0 amide bonds. The number of nitrogens with zero attached hydrogens (tertiary/aromatic N) is 3. The summed E-state index contributed by atoms with van der Waals surface area (Å²) < 4.78 is 0. The molecule has 0 aliphatic carbocycles. The van der Waals surface area contributed by atoms with Gasteiger partial charge in [0.05, 0.1) is 11.4 Å². The number of hydrogen-bond acceptors (Lipinski definition) is 5. The van der Waals surface area contributed by atoms with Crippen LogP contribution in [0.5, 0.6) is 0 Å². The first-order valence-corrected chi connectivity index (χ1v) is 6.81. The molecule has 0 aliphatic rings. The molecule has 0 fully saturated rings. The van der Waals surface area contributed by atoms with Gasteiger partial charge in [-0.3, -0.25) is 0 Å². The van der Waals surface area contributed by atoms with Crippen LogP contribution in [0, 0.1) is 25.2 Å². The number of thioether (sulfide) groups is 1. The average molecular weight is 270 g/mol. The van der Waals surface area contributed by atoms with Crippen molar-refractivity contribution in [3.8, 4) is 6.07 Å². The Balaban J connectivity index is 2.12. The van der Waals surface area contributed by atoms with Crippen molar-refractivity contribution in [2.24, 2.45) is 0 Å². The van der Waals surface area contributed by atoms with Crippen molar-refractivity contribution in [2.75, 3.05) is 5.73 Å². The lowest BCUT2D eigenvalue weighted by atomic mass is 10.2. The summed E-state index contributed by atoms with van der Waals surface area (Å²) >= 11 is 1.65. The van der Waals surface area contributed by atoms with Crippen LogP contribution in [0.2, 0.25) is 0 Å². The van der Waals surface area contributed by atoms with Crippen molar-refractivity contribution in [3.63, 3.8) is 0 Å². The van der Waals surface area contributed by atoms with Crippen LogP contribution in [0.4, 0.5) is 5.82 Å². The molecule has 0 aliphatic heterocycles. The Morgan fingerprint density at radius 1 is 1.21 bits per heavy atom. The molecule has 96 valence electrons. The van der Waals surface area contributed by atoms with Crippen molar-refractivity contribution in [1.29, 1.82) is 5.26 Å². The smallest absolute Gasteiger partial charge is 0.145 e. The maximum atomic E-state index is 8.91. The highest BCUT2D eigenvalue weighted by Crippen LogP contribution is 2.22. The summed E-state index contributed by atoms with van der Waals surface area (Å²) in [6.07, 6.45) is 0. The molecule has 0 saturated carbocycles. The zero-order valence-corrected chi connectivity index (χ0v) is 11.7. The number of nitrogen functional groups attached to an aromatic ring is 1. The molecular formula is C14H14N4S. The van der Waals surface area contributed by atoms with E-state index in [9.17, 15) is 0 Å². The minimum absolute atomic E-state index is 0.259. The van der Waals surface area contributed by atoms with Crippen LogP contribution in [0.3, 0.4) is 0 Å². The predicted octanol–water partition coefficient (Wildman–Crippen LogP) is 2.84. The minimum atomic E-state index is 0.259.